The zero-order valence-corrected chi connectivity index (χ0v) is 16.0. The molecule has 0 amide bonds. The zero-order chi connectivity index (χ0) is 21.3. The van der Waals surface area contributed by atoms with Crippen LogP contribution < -0.4 is 10.2 Å². The molecule has 2 atom stereocenters. The van der Waals surface area contributed by atoms with Gasteiger partial charge < -0.3 is 10.2 Å². The number of nitrogens with zero attached hydrogens (tertiary/aromatic N) is 1. The number of halogens is 6. The molecule has 3 heterocycles. The Hall–Kier alpha value is -2.22. The third-order valence-corrected chi connectivity index (χ3v) is 6.56. The van der Waals surface area contributed by atoms with Gasteiger partial charge in [0.2, 0.25) is 0 Å². The van der Waals surface area contributed by atoms with Crippen LogP contribution in [-0.4, -0.2) is 25.7 Å². The number of hydrogen-bond acceptors (Lipinski definition) is 2. The van der Waals surface area contributed by atoms with Gasteiger partial charge in [-0.05, 0) is 72.3 Å². The van der Waals surface area contributed by atoms with Crippen LogP contribution in [0, 0.1) is 0 Å². The van der Waals surface area contributed by atoms with E-state index < -0.39 is 23.5 Å². The van der Waals surface area contributed by atoms with E-state index in [0.29, 0.717) is 11.6 Å². The van der Waals surface area contributed by atoms with E-state index in [4.69, 9.17) is 0 Å². The number of anilines is 1. The van der Waals surface area contributed by atoms with Gasteiger partial charge in [-0.3, -0.25) is 0 Å². The van der Waals surface area contributed by atoms with E-state index in [-0.39, 0.29) is 17.5 Å². The van der Waals surface area contributed by atoms with Crippen molar-refractivity contribution < 1.29 is 26.3 Å². The Morgan fingerprint density at radius 2 is 1.77 bits per heavy atom. The van der Waals surface area contributed by atoms with Crippen molar-refractivity contribution in [2.24, 2.45) is 0 Å². The topological polar surface area (TPSA) is 15.3 Å². The monoisotopic (exact) mass is 426 g/mol. The highest BCUT2D eigenvalue weighted by molar-refractivity contribution is 5.78. The Morgan fingerprint density at radius 3 is 2.50 bits per heavy atom. The molecule has 1 N–H and O–H groups in total. The summed E-state index contributed by atoms with van der Waals surface area (Å²) in [6.07, 6.45) is -7.05. The van der Waals surface area contributed by atoms with Crippen LogP contribution >= 0.6 is 0 Å². The number of benzene rings is 2. The van der Waals surface area contributed by atoms with Gasteiger partial charge in [-0.25, -0.2) is 0 Å². The number of aryl methyl sites for hydroxylation is 1. The zero-order valence-electron chi connectivity index (χ0n) is 16.0. The normalized spacial score (nSPS) is 23.3. The Balaban J connectivity index is 1.68. The second-order valence-corrected chi connectivity index (χ2v) is 8.29. The minimum Gasteiger partial charge on any atom is -0.367 e. The van der Waals surface area contributed by atoms with E-state index in [1.54, 1.807) is 12.1 Å². The highest BCUT2D eigenvalue weighted by atomic mass is 19.4. The van der Waals surface area contributed by atoms with Crippen LogP contribution in [0.25, 0.3) is 11.1 Å². The molecule has 0 unspecified atom stereocenters. The van der Waals surface area contributed by atoms with Gasteiger partial charge in [0.05, 0.1) is 11.1 Å². The highest BCUT2D eigenvalue weighted by Crippen LogP contribution is 2.50. The fourth-order valence-corrected chi connectivity index (χ4v) is 5.32. The third kappa shape index (κ3) is 3.07. The Kier molecular flexibility index (Phi) is 4.36. The number of rotatable bonds is 1. The molecule has 3 aliphatic heterocycles. The predicted molar refractivity (Wildman–Crippen MR) is 102 cm³/mol. The van der Waals surface area contributed by atoms with E-state index in [1.807, 2.05) is 0 Å². The summed E-state index contributed by atoms with van der Waals surface area (Å²) in [7, 11) is 0. The molecule has 8 heteroatoms. The van der Waals surface area contributed by atoms with Crippen molar-refractivity contribution in [1.29, 1.82) is 0 Å². The molecule has 0 radical (unpaired) electrons. The molecule has 0 saturated carbocycles. The Morgan fingerprint density at radius 1 is 0.967 bits per heavy atom. The molecule has 2 aromatic rings. The minimum atomic E-state index is -4.88. The molecule has 1 fully saturated rings. The van der Waals surface area contributed by atoms with Gasteiger partial charge in [-0.15, -0.1) is 0 Å². The molecular weight excluding hydrogens is 406 g/mol. The first-order valence-electron chi connectivity index (χ1n) is 10.1. The first kappa shape index (κ1) is 19.7. The van der Waals surface area contributed by atoms with Gasteiger partial charge in [-0.1, -0.05) is 6.07 Å². The molecule has 0 spiro atoms. The summed E-state index contributed by atoms with van der Waals surface area (Å²) in [6.45, 7) is 2.61. The molecule has 30 heavy (non-hydrogen) atoms. The van der Waals surface area contributed by atoms with Crippen LogP contribution in [0.5, 0.6) is 0 Å². The van der Waals surface area contributed by atoms with Gasteiger partial charge in [0, 0.05) is 30.7 Å². The van der Waals surface area contributed by atoms with Gasteiger partial charge >= 0.3 is 12.4 Å². The fraction of sp³-hybridized carbons (Fsp3) is 0.455. The van der Waals surface area contributed by atoms with Crippen molar-refractivity contribution in [2.75, 3.05) is 24.5 Å². The van der Waals surface area contributed by atoms with Crippen molar-refractivity contribution in [3.8, 4) is 11.1 Å². The van der Waals surface area contributed by atoms with Gasteiger partial charge in [0.25, 0.3) is 0 Å². The van der Waals surface area contributed by atoms with Gasteiger partial charge in [-0.2, -0.15) is 26.3 Å². The second-order valence-electron chi connectivity index (χ2n) is 8.29. The molecule has 0 aliphatic carbocycles. The van der Waals surface area contributed by atoms with Crippen molar-refractivity contribution in [2.45, 2.75) is 43.6 Å². The summed E-state index contributed by atoms with van der Waals surface area (Å²) in [6, 6.07) is 5.78. The highest BCUT2D eigenvalue weighted by Gasteiger charge is 2.43. The molecule has 2 nitrogen and oxygen atoms in total. The van der Waals surface area contributed by atoms with E-state index in [9.17, 15) is 26.3 Å². The van der Waals surface area contributed by atoms with Crippen LogP contribution in [0.1, 0.15) is 41.0 Å². The summed E-state index contributed by atoms with van der Waals surface area (Å²) in [5.74, 6) is 0.189. The minimum absolute atomic E-state index is 0.189. The molecule has 5 rings (SSSR count). The van der Waals surface area contributed by atoms with Crippen LogP contribution in [0.15, 0.2) is 30.3 Å². The predicted octanol–water partition coefficient (Wildman–Crippen LogP) is 5.60. The third-order valence-electron chi connectivity index (χ3n) is 6.56. The maximum atomic E-state index is 13.7. The average molecular weight is 426 g/mol. The number of hydrogen-bond donors (Lipinski definition) is 1. The average Bonchev–Trinajstić information content (AvgIpc) is 3.02. The SMILES string of the molecule is FC(F)(F)c1ccc(-c2cc3c4c(c2)[C@@H]2CNCC[C@@H]2N4CCC3)c(C(F)(F)F)c1. The molecule has 2 aromatic carbocycles. The standard InChI is InChI=1S/C22H20F6N2/c23-21(24,25)14-3-4-15(18(10-14)22(26,27)28)13-8-12-2-1-7-30-19-5-6-29-11-17(19)16(9-13)20(12)30/h3-4,8-10,17,19,29H,1-2,5-7,11H2/t17-,19-/m0/s1. The molecule has 3 aliphatic rings. The number of nitrogens with one attached hydrogen (secondary N) is 1. The lowest BCUT2D eigenvalue weighted by molar-refractivity contribution is -0.142. The fourth-order valence-electron chi connectivity index (χ4n) is 5.32. The van der Waals surface area contributed by atoms with E-state index in [0.717, 1.165) is 67.8 Å². The van der Waals surface area contributed by atoms with Crippen LogP contribution in [0.3, 0.4) is 0 Å². The summed E-state index contributed by atoms with van der Waals surface area (Å²) >= 11 is 0. The Labute approximate surface area is 169 Å². The van der Waals surface area contributed by atoms with Crippen molar-refractivity contribution in [1.82, 2.24) is 5.32 Å². The summed E-state index contributed by atoms with van der Waals surface area (Å²) < 4.78 is 80.3. The van der Waals surface area contributed by atoms with Crippen LogP contribution in [-0.2, 0) is 18.8 Å². The quantitative estimate of drug-likeness (QED) is 0.597. The summed E-state index contributed by atoms with van der Waals surface area (Å²) in [4.78, 5) is 2.39. The molecule has 1 saturated heterocycles. The number of alkyl halides is 6. The van der Waals surface area contributed by atoms with Crippen LogP contribution in [0.4, 0.5) is 32.0 Å². The summed E-state index contributed by atoms with van der Waals surface area (Å²) in [5.41, 5.74) is 0.766. The van der Waals surface area contributed by atoms with E-state index in [2.05, 4.69) is 10.2 Å². The van der Waals surface area contributed by atoms with Crippen LogP contribution in [0.2, 0.25) is 0 Å². The maximum Gasteiger partial charge on any atom is 0.417 e. The van der Waals surface area contributed by atoms with Crippen molar-refractivity contribution in [3.05, 3.63) is 52.6 Å². The van der Waals surface area contributed by atoms with E-state index >= 15 is 0 Å². The lowest BCUT2D eigenvalue weighted by Gasteiger charge is -2.36. The molecule has 0 aromatic heterocycles. The lowest BCUT2D eigenvalue weighted by atomic mass is 9.86. The second kappa shape index (κ2) is 6.64. The first-order valence-corrected chi connectivity index (χ1v) is 10.1. The van der Waals surface area contributed by atoms with Crippen molar-refractivity contribution in [3.63, 3.8) is 0 Å². The smallest absolute Gasteiger partial charge is 0.367 e. The number of fused-ring (bicyclic) bond motifs is 3. The molecule has 0 bridgehead atoms. The molecular formula is C22H20F6N2. The van der Waals surface area contributed by atoms with E-state index in [1.165, 1.54) is 0 Å². The maximum absolute atomic E-state index is 13.7. The summed E-state index contributed by atoms with van der Waals surface area (Å²) in [5, 5.41) is 3.37. The largest absolute Gasteiger partial charge is 0.417 e. The molecule has 160 valence electrons. The number of piperidine rings is 1. The Bertz CT molecular complexity index is 994. The lowest BCUT2D eigenvalue weighted by Crippen LogP contribution is -2.45. The van der Waals surface area contributed by atoms with Gasteiger partial charge in [0.15, 0.2) is 0 Å². The first-order chi connectivity index (χ1) is 14.1. The van der Waals surface area contributed by atoms with Crippen molar-refractivity contribution >= 4 is 5.69 Å². The van der Waals surface area contributed by atoms with Gasteiger partial charge in [0.1, 0.15) is 0 Å².